The fourth-order valence-electron chi connectivity index (χ4n) is 1.90. The van der Waals surface area contributed by atoms with Gasteiger partial charge in [0.05, 0.1) is 12.6 Å². The highest BCUT2D eigenvalue weighted by Crippen LogP contribution is 2.35. The third-order valence-electron chi connectivity index (χ3n) is 2.77. The third-order valence-corrected chi connectivity index (χ3v) is 2.77. The van der Waals surface area contributed by atoms with E-state index in [2.05, 4.69) is 15.3 Å². The number of anilines is 3. The molecule has 5 heteroatoms. The lowest BCUT2D eigenvalue weighted by Gasteiger charge is -2.18. The van der Waals surface area contributed by atoms with Gasteiger partial charge in [-0.05, 0) is 30.6 Å². The number of nitrogens with zero attached hydrogens (tertiary/aromatic N) is 3. The summed E-state index contributed by atoms with van der Waals surface area (Å²) in [6.07, 6.45) is 2.70. The van der Waals surface area contributed by atoms with E-state index >= 15 is 0 Å². The highest BCUT2D eigenvalue weighted by atomic mass is 16.1. The summed E-state index contributed by atoms with van der Waals surface area (Å²) in [6, 6.07) is 2.97. The predicted molar refractivity (Wildman–Crippen MR) is 69.2 cm³/mol. The summed E-state index contributed by atoms with van der Waals surface area (Å²) in [4.78, 5) is 22.2. The first-order chi connectivity index (χ1) is 10.3. The average Bonchev–Trinajstić information content (AvgIpc) is 2.54. The van der Waals surface area contributed by atoms with Crippen molar-refractivity contribution >= 4 is 23.2 Å². The Morgan fingerprint density at radius 3 is 3.06 bits per heavy atom. The zero-order valence-electron chi connectivity index (χ0n) is 13.6. The molecule has 0 bridgehead atoms. The summed E-state index contributed by atoms with van der Waals surface area (Å²) in [5.74, 6) is 0.139. The van der Waals surface area contributed by atoms with Crippen LogP contribution in [0.2, 0.25) is 0 Å². The van der Waals surface area contributed by atoms with Gasteiger partial charge < -0.3 is 10.2 Å². The maximum Gasteiger partial charge on any atom is 0.259 e. The molecule has 5 nitrogen and oxygen atoms in total. The van der Waals surface area contributed by atoms with Gasteiger partial charge in [-0.2, -0.15) is 0 Å². The first kappa shape index (κ1) is 7.10. The van der Waals surface area contributed by atoms with Crippen molar-refractivity contribution in [2.75, 3.05) is 17.3 Å². The Bertz CT molecular complexity index is 775. The van der Waals surface area contributed by atoms with Gasteiger partial charge in [0.1, 0.15) is 5.82 Å². The molecule has 0 fully saturated rings. The zero-order valence-corrected chi connectivity index (χ0v) is 9.56. The van der Waals surface area contributed by atoms with Crippen molar-refractivity contribution in [1.29, 1.82) is 0 Å². The van der Waals surface area contributed by atoms with Gasteiger partial charge in [-0.3, -0.25) is 4.79 Å². The van der Waals surface area contributed by atoms with Crippen LogP contribution in [-0.4, -0.2) is 22.9 Å². The lowest BCUT2D eigenvalue weighted by atomic mass is 10.2. The Morgan fingerprint density at radius 1 is 1.39 bits per heavy atom. The minimum atomic E-state index is -2.54. The van der Waals surface area contributed by atoms with Crippen LogP contribution in [0.25, 0.3) is 0 Å². The molecule has 0 radical (unpaired) electrons. The number of amides is 1. The normalized spacial score (nSPS) is 17.4. The fraction of sp³-hybridized carbons (Fsp3) is 0.154. The molecule has 1 aliphatic heterocycles. The minimum Gasteiger partial charge on any atom is -0.318 e. The zero-order chi connectivity index (χ0) is 16.1. The Balaban J connectivity index is 2.31. The Hall–Kier alpha value is -2.43. The van der Waals surface area contributed by atoms with Crippen molar-refractivity contribution < 1.29 is 10.3 Å². The van der Waals surface area contributed by atoms with Crippen molar-refractivity contribution in [2.24, 2.45) is 0 Å². The molecule has 3 heterocycles. The summed E-state index contributed by atoms with van der Waals surface area (Å²) in [5.41, 5.74) is 0.106. The topological polar surface area (TPSA) is 58.1 Å². The van der Waals surface area contributed by atoms with Crippen molar-refractivity contribution in [1.82, 2.24) is 9.97 Å². The van der Waals surface area contributed by atoms with E-state index in [1.807, 2.05) is 0 Å². The van der Waals surface area contributed by atoms with E-state index < -0.39 is 12.8 Å². The van der Waals surface area contributed by atoms with Crippen LogP contribution in [-0.2, 0) is 0 Å². The lowest BCUT2D eigenvalue weighted by Crippen LogP contribution is -2.14. The highest BCUT2D eigenvalue weighted by molar-refractivity contribution is 6.11. The van der Waals surface area contributed by atoms with Gasteiger partial charge in [0.25, 0.3) is 5.91 Å². The Kier molecular flexibility index (Phi) is 1.50. The second-order valence-corrected chi connectivity index (χ2v) is 3.86. The summed E-state index contributed by atoms with van der Waals surface area (Å²) < 4.78 is 30.7. The number of hydrogen-bond donors (Lipinski definition) is 1. The molecule has 0 aliphatic carbocycles. The number of nitrogens with one attached hydrogen (secondary N) is 1. The SMILES string of the molecule is [2H]c1cnc2c(c1C([2H])([2H])[2H])NC(=O)c1cccnc1N2C. The highest BCUT2D eigenvalue weighted by Gasteiger charge is 2.25. The maximum absolute atomic E-state index is 12.4. The molecule has 18 heavy (non-hydrogen) atoms. The fourth-order valence-corrected chi connectivity index (χ4v) is 1.90. The molecule has 0 saturated carbocycles. The Labute approximate surface area is 110 Å². The van der Waals surface area contributed by atoms with Gasteiger partial charge in [0.2, 0.25) is 0 Å². The monoisotopic (exact) mass is 244 g/mol. The van der Waals surface area contributed by atoms with E-state index in [1.165, 1.54) is 11.1 Å². The standard InChI is InChI=1S/C13H12N4O/c1-8-5-7-15-12-10(8)16-13(18)9-4-3-6-14-11(9)17(12)2/h3-7H,1-2H3,(H,16,18)/i1D3,5D. The first-order valence-electron chi connectivity index (χ1n) is 7.31. The lowest BCUT2D eigenvalue weighted by molar-refractivity contribution is 0.102. The van der Waals surface area contributed by atoms with E-state index in [0.717, 1.165) is 6.20 Å². The number of fused-ring (bicyclic) bond motifs is 2. The van der Waals surface area contributed by atoms with Crippen molar-refractivity contribution in [3.8, 4) is 0 Å². The van der Waals surface area contributed by atoms with Gasteiger partial charge in [0, 0.05) is 23.6 Å². The number of carbonyl (C=O) groups excluding carboxylic acids is 1. The van der Waals surface area contributed by atoms with Gasteiger partial charge in [-0.15, -0.1) is 0 Å². The summed E-state index contributed by atoms with van der Waals surface area (Å²) in [6.45, 7) is -2.54. The van der Waals surface area contributed by atoms with Crippen LogP contribution in [0.1, 0.15) is 21.4 Å². The molecule has 1 aliphatic rings. The molecule has 2 aromatic heterocycles. The molecule has 0 aromatic carbocycles. The molecule has 2 aromatic rings. The van der Waals surface area contributed by atoms with Crippen LogP contribution in [0.15, 0.2) is 30.6 Å². The van der Waals surface area contributed by atoms with Crippen molar-refractivity contribution in [3.63, 3.8) is 0 Å². The van der Waals surface area contributed by atoms with E-state index in [9.17, 15) is 4.79 Å². The predicted octanol–water partition coefficient (Wildman–Crippen LogP) is 2.12. The van der Waals surface area contributed by atoms with Gasteiger partial charge in [0.15, 0.2) is 5.82 Å². The van der Waals surface area contributed by atoms with Crippen molar-refractivity contribution in [3.05, 3.63) is 41.7 Å². The van der Waals surface area contributed by atoms with Crippen LogP contribution in [0, 0.1) is 6.85 Å². The Morgan fingerprint density at radius 2 is 2.22 bits per heavy atom. The number of carbonyl (C=O) groups is 1. The van der Waals surface area contributed by atoms with Gasteiger partial charge in [-0.25, -0.2) is 9.97 Å². The molecule has 0 saturated heterocycles. The minimum absolute atomic E-state index is 0.0259. The molecule has 0 atom stereocenters. The molecular formula is C13H12N4O. The van der Waals surface area contributed by atoms with E-state index in [4.69, 9.17) is 5.48 Å². The van der Waals surface area contributed by atoms with Gasteiger partial charge in [-0.1, -0.05) is 0 Å². The molecule has 1 amide bonds. The number of aromatic nitrogens is 2. The largest absolute Gasteiger partial charge is 0.318 e. The molecule has 1 N–H and O–H groups in total. The van der Waals surface area contributed by atoms with Crippen molar-refractivity contribution in [2.45, 2.75) is 6.85 Å². The molecular weight excluding hydrogens is 228 g/mol. The average molecular weight is 244 g/mol. The van der Waals surface area contributed by atoms with Gasteiger partial charge >= 0.3 is 0 Å². The van der Waals surface area contributed by atoms with Crippen LogP contribution in [0.3, 0.4) is 0 Å². The maximum atomic E-state index is 12.4. The quantitative estimate of drug-likeness (QED) is 0.771. The molecule has 0 spiro atoms. The third kappa shape index (κ3) is 1.44. The van der Waals surface area contributed by atoms with E-state index in [-0.39, 0.29) is 23.1 Å². The number of rotatable bonds is 0. The van der Waals surface area contributed by atoms with Crippen LogP contribution < -0.4 is 10.2 Å². The van der Waals surface area contributed by atoms with Crippen LogP contribution in [0.5, 0.6) is 0 Å². The van der Waals surface area contributed by atoms with E-state index in [0.29, 0.717) is 11.4 Å². The second kappa shape index (κ2) is 3.80. The molecule has 0 unspecified atom stereocenters. The summed E-state index contributed by atoms with van der Waals surface area (Å²) in [5, 5.41) is 2.56. The van der Waals surface area contributed by atoms with Crippen LogP contribution in [0.4, 0.5) is 17.3 Å². The summed E-state index contributed by atoms with van der Waals surface area (Å²) >= 11 is 0. The first-order valence-corrected chi connectivity index (χ1v) is 5.31. The second-order valence-electron chi connectivity index (χ2n) is 3.86. The smallest absolute Gasteiger partial charge is 0.259 e. The molecule has 90 valence electrons. The number of hydrogen-bond acceptors (Lipinski definition) is 4. The van der Waals surface area contributed by atoms with Crippen LogP contribution >= 0.6 is 0 Å². The number of pyridine rings is 2. The summed E-state index contributed by atoms with van der Waals surface area (Å²) in [7, 11) is 1.64. The molecule has 3 rings (SSSR count). The van der Waals surface area contributed by atoms with E-state index in [1.54, 1.807) is 19.2 Å².